The van der Waals surface area contributed by atoms with Gasteiger partial charge in [-0.05, 0) is 67.1 Å². The van der Waals surface area contributed by atoms with Crippen LogP contribution in [-0.2, 0) is 14.8 Å². The average molecular weight is 405 g/mol. The molecule has 2 aliphatic carbocycles. The molecule has 0 unspecified atom stereocenters. The molecule has 3 aliphatic rings. The summed E-state index contributed by atoms with van der Waals surface area (Å²) in [6.45, 7) is 5.97. The van der Waals surface area contributed by atoms with E-state index in [1.807, 2.05) is 17.0 Å². The summed E-state index contributed by atoms with van der Waals surface area (Å²) in [6, 6.07) is 7.20. The molecule has 1 aliphatic heterocycles. The zero-order valence-corrected chi connectivity index (χ0v) is 17.8. The molecule has 2 saturated carbocycles. The molecule has 4 rings (SSSR count). The number of amides is 1. The molecule has 3 fully saturated rings. The van der Waals surface area contributed by atoms with E-state index in [-0.39, 0.29) is 5.91 Å². The predicted octanol–water partition coefficient (Wildman–Crippen LogP) is 3.47. The topological polar surface area (TPSA) is 57.7 Å². The van der Waals surface area contributed by atoms with Gasteiger partial charge in [-0.15, -0.1) is 0 Å². The van der Waals surface area contributed by atoms with Crippen LogP contribution in [0.15, 0.2) is 29.2 Å². The van der Waals surface area contributed by atoms with Crippen molar-refractivity contribution in [3.63, 3.8) is 0 Å². The lowest BCUT2D eigenvalue weighted by Crippen LogP contribution is -2.50. The number of rotatable bonds is 7. The molecule has 1 aromatic carbocycles. The number of nitrogens with zero attached hydrogens (tertiary/aromatic N) is 2. The van der Waals surface area contributed by atoms with Crippen LogP contribution < -0.4 is 0 Å². The third-order valence-corrected chi connectivity index (χ3v) is 8.55. The molecule has 1 heterocycles. The molecule has 0 atom stereocenters. The van der Waals surface area contributed by atoms with Gasteiger partial charge in [-0.2, -0.15) is 4.31 Å². The number of carbonyl (C=O) groups excluding carboxylic acids is 1. The highest BCUT2D eigenvalue weighted by Gasteiger charge is 2.43. The number of hydrogen-bond acceptors (Lipinski definition) is 3. The average Bonchev–Trinajstić information content (AvgIpc) is 3.59. The van der Waals surface area contributed by atoms with E-state index in [9.17, 15) is 13.2 Å². The maximum atomic E-state index is 12.9. The minimum atomic E-state index is -3.49. The van der Waals surface area contributed by atoms with Gasteiger partial charge in [0.05, 0.1) is 4.90 Å². The number of benzene rings is 1. The fourth-order valence-electron chi connectivity index (χ4n) is 4.45. The Balaban J connectivity index is 1.34. The zero-order valence-electron chi connectivity index (χ0n) is 17.0. The Morgan fingerprint density at radius 1 is 0.964 bits per heavy atom. The molecular weight excluding hydrogens is 372 g/mol. The Bertz CT molecular complexity index is 791. The van der Waals surface area contributed by atoms with Gasteiger partial charge in [0.1, 0.15) is 0 Å². The molecule has 0 aromatic heterocycles. The van der Waals surface area contributed by atoms with Gasteiger partial charge in [0.25, 0.3) is 0 Å². The van der Waals surface area contributed by atoms with Gasteiger partial charge < -0.3 is 4.90 Å². The maximum absolute atomic E-state index is 12.9. The fraction of sp³-hybridized carbons (Fsp3) is 0.682. The Kier molecular flexibility index (Phi) is 5.53. The minimum Gasteiger partial charge on any atom is -0.340 e. The van der Waals surface area contributed by atoms with Crippen LogP contribution in [0.25, 0.3) is 0 Å². The molecule has 5 nitrogen and oxygen atoms in total. The van der Waals surface area contributed by atoms with Gasteiger partial charge in [-0.1, -0.05) is 26.0 Å². The first-order valence-electron chi connectivity index (χ1n) is 10.7. The fourth-order valence-corrected chi connectivity index (χ4v) is 5.87. The van der Waals surface area contributed by atoms with Gasteiger partial charge in [-0.3, -0.25) is 4.79 Å². The van der Waals surface area contributed by atoms with E-state index in [0.29, 0.717) is 49.3 Å². The van der Waals surface area contributed by atoms with E-state index in [2.05, 4.69) is 13.8 Å². The molecule has 0 N–H and O–H groups in total. The van der Waals surface area contributed by atoms with Crippen molar-refractivity contribution in [2.75, 3.05) is 26.2 Å². The van der Waals surface area contributed by atoms with E-state index in [4.69, 9.17) is 0 Å². The normalized spacial score (nSPS) is 21.5. The predicted molar refractivity (Wildman–Crippen MR) is 109 cm³/mol. The summed E-state index contributed by atoms with van der Waals surface area (Å²) in [5, 5.41) is 0. The SMILES string of the molecule is CC(C)c1ccc(S(=O)(=O)N2CCN(C(=O)CC(C3CC3)C3CC3)CC2)cc1. The van der Waals surface area contributed by atoms with Gasteiger partial charge >= 0.3 is 0 Å². The van der Waals surface area contributed by atoms with Crippen molar-refractivity contribution in [2.45, 2.75) is 56.8 Å². The van der Waals surface area contributed by atoms with E-state index in [1.54, 1.807) is 12.1 Å². The van der Waals surface area contributed by atoms with Crippen molar-refractivity contribution in [1.82, 2.24) is 9.21 Å². The first-order chi connectivity index (χ1) is 13.4. The first-order valence-corrected chi connectivity index (χ1v) is 12.2. The third-order valence-electron chi connectivity index (χ3n) is 6.64. The van der Waals surface area contributed by atoms with Crippen molar-refractivity contribution >= 4 is 15.9 Å². The van der Waals surface area contributed by atoms with E-state index in [1.165, 1.54) is 30.0 Å². The molecule has 1 amide bonds. The monoisotopic (exact) mass is 404 g/mol. The maximum Gasteiger partial charge on any atom is 0.243 e. The van der Waals surface area contributed by atoms with Crippen LogP contribution in [-0.4, -0.2) is 49.7 Å². The number of sulfonamides is 1. The molecule has 0 radical (unpaired) electrons. The molecule has 1 aromatic rings. The highest BCUT2D eigenvalue weighted by Crippen LogP contribution is 2.50. The van der Waals surface area contributed by atoms with Crippen LogP contribution in [0.2, 0.25) is 0 Å². The summed E-state index contributed by atoms with van der Waals surface area (Å²) >= 11 is 0. The summed E-state index contributed by atoms with van der Waals surface area (Å²) < 4.78 is 27.4. The van der Waals surface area contributed by atoms with E-state index in [0.717, 1.165) is 17.4 Å². The van der Waals surface area contributed by atoms with Crippen molar-refractivity contribution in [3.05, 3.63) is 29.8 Å². The van der Waals surface area contributed by atoms with Crippen LogP contribution in [0.5, 0.6) is 0 Å². The van der Waals surface area contributed by atoms with Crippen molar-refractivity contribution in [2.24, 2.45) is 17.8 Å². The van der Waals surface area contributed by atoms with Crippen molar-refractivity contribution < 1.29 is 13.2 Å². The summed E-state index contributed by atoms with van der Waals surface area (Å²) in [6.07, 6.45) is 5.82. The standard InChI is InChI=1S/C22H32N2O3S/c1-16(2)17-7-9-20(10-8-17)28(26,27)24-13-11-23(12-14-24)22(25)15-21(18-3-4-18)19-5-6-19/h7-10,16,18-19,21H,3-6,11-15H2,1-2H3. The van der Waals surface area contributed by atoms with Gasteiger partial charge in [0.2, 0.25) is 15.9 Å². The van der Waals surface area contributed by atoms with Gasteiger partial charge in [-0.25, -0.2) is 8.42 Å². The van der Waals surface area contributed by atoms with Gasteiger partial charge in [0.15, 0.2) is 0 Å². The number of carbonyl (C=O) groups is 1. The van der Waals surface area contributed by atoms with Crippen LogP contribution in [0.1, 0.15) is 57.4 Å². The minimum absolute atomic E-state index is 0.224. The third kappa shape index (κ3) is 4.28. The smallest absolute Gasteiger partial charge is 0.243 e. The highest BCUT2D eigenvalue weighted by atomic mass is 32.2. The molecule has 28 heavy (non-hydrogen) atoms. The molecule has 0 spiro atoms. The Hall–Kier alpha value is -1.40. The van der Waals surface area contributed by atoms with Crippen LogP contribution in [0.4, 0.5) is 0 Å². The number of piperazine rings is 1. The molecule has 1 saturated heterocycles. The Labute approximate surface area is 169 Å². The summed E-state index contributed by atoms with van der Waals surface area (Å²) in [5.74, 6) is 2.72. The second-order valence-electron chi connectivity index (χ2n) is 9.05. The molecule has 154 valence electrons. The molecule has 6 heteroatoms. The van der Waals surface area contributed by atoms with Crippen LogP contribution in [0.3, 0.4) is 0 Å². The largest absolute Gasteiger partial charge is 0.340 e. The van der Waals surface area contributed by atoms with Crippen LogP contribution in [0, 0.1) is 17.8 Å². The second kappa shape index (κ2) is 7.79. The lowest BCUT2D eigenvalue weighted by molar-refractivity contribution is -0.133. The van der Waals surface area contributed by atoms with E-state index < -0.39 is 10.0 Å². The first kappa shape index (κ1) is 19.9. The summed E-state index contributed by atoms with van der Waals surface area (Å²) in [4.78, 5) is 15.0. The highest BCUT2D eigenvalue weighted by molar-refractivity contribution is 7.89. The summed E-state index contributed by atoms with van der Waals surface area (Å²) in [7, 11) is -3.49. The lowest BCUT2D eigenvalue weighted by Gasteiger charge is -2.34. The van der Waals surface area contributed by atoms with Crippen molar-refractivity contribution in [1.29, 1.82) is 0 Å². The number of hydrogen-bond donors (Lipinski definition) is 0. The molecule has 0 bridgehead atoms. The second-order valence-corrected chi connectivity index (χ2v) is 11.0. The molecular formula is C22H32N2O3S. The lowest BCUT2D eigenvalue weighted by atomic mass is 9.93. The Morgan fingerprint density at radius 3 is 1.96 bits per heavy atom. The summed E-state index contributed by atoms with van der Waals surface area (Å²) in [5.41, 5.74) is 1.13. The van der Waals surface area contributed by atoms with Crippen molar-refractivity contribution in [3.8, 4) is 0 Å². The van der Waals surface area contributed by atoms with E-state index >= 15 is 0 Å². The quantitative estimate of drug-likeness (QED) is 0.699. The Morgan fingerprint density at radius 2 is 1.50 bits per heavy atom. The zero-order chi connectivity index (χ0) is 19.9. The van der Waals surface area contributed by atoms with Gasteiger partial charge in [0, 0.05) is 32.6 Å². The van der Waals surface area contributed by atoms with Crippen LogP contribution >= 0.6 is 0 Å².